The fraction of sp³-hybridized carbons (Fsp3) is 0.333. The van der Waals surface area contributed by atoms with Crippen LogP contribution in [0.3, 0.4) is 0 Å². The third kappa shape index (κ3) is 4.11. The van der Waals surface area contributed by atoms with Crippen molar-refractivity contribution in [3.63, 3.8) is 0 Å². The van der Waals surface area contributed by atoms with Crippen LogP contribution in [-0.2, 0) is 11.0 Å². The van der Waals surface area contributed by atoms with Gasteiger partial charge in [0.25, 0.3) is 0 Å². The second kappa shape index (κ2) is 6.23. The van der Waals surface area contributed by atoms with Gasteiger partial charge in [0.15, 0.2) is 0 Å². The van der Waals surface area contributed by atoms with Gasteiger partial charge in [-0.15, -0.1) is 0 Å². The number of aromatic nitrogens is 2. The summed E-state index contributed by atoms with van der Waals surface area (Å²) in [4.78, 5) is 0. The van der Waals surface area contributed by atoms with Crippen molar-refractivity contribution in [2.75, 3.05) is 0 Å². The summed E-state index contributed by atoms with van der Waals surface area (Å²) < 4.78 is 18.7. The Balaban J connectivity index is 2.28. The molecule has 0 saturated carbocycles. The number of benzene rings is 1. The molecule has 0 aliphatic heterocycles. The maximum Gasteiger partial charge on any atom is 0.145 e. The van der Waals surface area contributed by atoms with E-state index >= 15 is 0 Å². The van der Waals surface area contributed by atoms with Crippen LogP contribution in [0.1, 0.15) is 33.3 Å². The van der Waals surface area contributed by atoms with E-state index in [1.54, 1.807) is 10.9 Å². The topological polar surface area (TPSA) is 47.2 Å². The molecule has 1 atom stereocenters. The molecule has 0 spiro atoms. The van der Waals surface area contributed by atoms with E-state index in [9.17, 15) is 4.21 Å². The SMILES string of the molecule is CC(=NS(=O)C(C)(C)C)c1cnn(-c2cccc(Br)c2)c1. The van der Waals surface area contributed by atoms with Crippen LogP contribution in [0.4, 0.5) is 0 Å². The number of halogens is 1. The Morgan fingerprint density at radius 3 is 2.71 bits per heavy atom. The lowest BCUT2D eigenvalue weighted by Gasteiger charge is -2.13. The van der Waals surface area contributed by atoms with Crippen LogP contribution in [0.2, 0.25) is 0 Å². The van der Waals surface area contributed by atoms with Gasteiger partial charge in [-0.1, -0.05) is 22.0 Å². The van der Waals surface area contributed by atoms with E-state index in [4.69, 9.17) is 0 Å². The fourth-order valence-electron chi connectivity index (χ4n) is 1.58. The second-order valence-electron chi connectivity index (χ2n) is 5.69. The first-order valence-corrected chi connectivity index (χ1v) is 8.45. The Hall–Kier alpha value is -1.27. The van der Waals surface area contributed by atoms with Crippen molar-refractivity contribution in [3.8, 4) is 5.69 Å². The van der Waals surface area contributed by atoms with Gasteiger partial charge in [0.2, 0.25) is 0 Å². The maximum absolute atomic E-state index is 12.1. The van der Waals surface area contributed by atoms with Gasteiger partial charge >= 0.3 is 0 Å². The third-order valence-electron chi connectivity index (χ3n) is 2.82. The molecule has 1 aromatic carbocycles. The van der Waals surface area contributed by atoms with Gasteiger partial charge in [-0.3, -0.25) is 0 Å². The fourth-order valence-corrected chi connectivity index (χ4v) is 2.60. The highest BCUT2D eigenvalue weighted by molar-refractivity contribution is 9.10. The molecule has 2 aromatic rings. The van der Waals surface area contributed by atoms with E-state index in [1.165, 1.54) is 0 Å². The highest BCUT2D eigenvalue weighted by Gasteiger charge is 2.19. The first-order chi connectivity index (χ1) is 9.77. The Morgan fingerprint density at radius 2 is 2.10 bits per heavy atom. The van der Waals surface area contributed by atoms with E-state index in [1.807, 2.05) is 58.2 Å². The van der Waals surface area contributed by atoms with Crippen LogP contribution in [0.5, 0.6) is 0 Å². The summed E-state index contributed by atoms with van der Waals surface area (Å²) in [5.74, 6) is 0. The standard InChI is InChI=1S/C15H18BrN3OS/c1-11(18-21(20)15(2,3)4)12-9-17-19(10-12)14-7-5-6-13(16)8-14/h5-10H,1-4H3. The van der Waals surface area contributed by atoms with Crippen molar-refractivity contribution >= 4 is 32.6 Å². The zero-order chi connectivity index (χ0) is 15.6. The van der Waals surface area contributed by atoms with E-state index < -0.39 is 11.0 Å². The van der Waals surface area contributed by atoms with Crippen molar-refractivity contribution in [3.05, 3.63) is 46.7 Å². The van der Waals surface area contributed by atoms with Crippen LogP contribution in [0.15, 0.2) is 45.5 Å². The molecule has 0 fully saturated rings. The quantitative estimate of drug-likeness (QED) is 0.772. The normalized spacial score (nSPS) is 14.2. The van der Waals surface area contributed by atoms with Crippen LogP contribution < -0.4 is 0 Å². The monoisotopic (exact) mass is 367 g/mol. The molecule has 6 heteroatoms. The molecule has 0 N–H and O–H groups in total. The summed E-state index contributed by atoms with van der Waals surface area (Å²) in [6.45, 7) is 7.58. The van der Waals surface area contributed by atoms with Gasteiger partial charge in [0, 0.05) is 16.2 Å². The lowest BCUT2D eigenvalue weighted by molar-refractivity contribution is 0.650. The Bertz CT molecular complexity index is 701. The molecule has 0 aliphatic carbocycles. The number of hydrogen-bond donors (Lipinski definition) is 0. The first kappa shape index (κ1) is 16.1. The predicted molar refractivity (Wildman–Crippen MR) is 91.4 cm³/mol. The largest absolute Gasteiger partial charge is 0.240 e. The Morgan fingerprint density at radius 1 is 1.38 bits per heavy atom. The first-order valence-electron chi connectivity index (χ1n) is 6.55. The van der Waals surface area contributed by atoms with Crippen molar-refractivity contribution < 1.29 is 4.21 Å². The van der Waals surface area contributed by atoms with Gasteiger partial charge in [-0.2, -0.15) is 9.50 Å². The average molecular weight is 368 g/mol. The van der Waals surface area contributed by atoms with Crippen molar-refractivity contribution in [2.24, 2.45) is 4.40 Å². The minimum Gasteiger partial charge on any atom is -0.240 e. The molecule has 4 nitrogen and oxygen atoms in total. The molecule has 1 aromatic heterocycles. The molecule has 1 heterocycles. The Kier molecular flexibility index (Phi) is 4.78. The number of hydrogen-bond acceptors (Lipinski definition) is 2. The highest BCUT2D eigenvalue weighted by atomic mass is 79.9. The molecule has 112 valence electrons. The summed E-state index contributed by atoms with van der Waals surface area (Å²) in [7, 11) is -1.26. The van der Waals surface area contributed by atoms with Gasteiger partial charge in [-0.05, 0) is 45.9 Å². The predicted octanol–water partition coefficient (Wildman–Crippen LogP) is 3.91. The second-order valence-corrected chi connectivity index (χ2v) is 8.51. The molecular formula is C15H18BrN3OS. The van der Waals surface area contributed by atoms with Crippen molar-refractivity contribution in [1.29, 1.82) is 0 Å². The molecule has 1 unspecified atom stereocenters. The summed E-state index contributed by atoms with van der Waals surface area (Å²) in [5, 5.41) is 4.33. The summed E-state index contributed by atoms with van der Waals surface area (Å²) >= 11 is 3.44. The smallest absolute Gasteiger partial charge is 0.145 e. The zero-order valence-electron chi connectivity index (χ0n) is 12.5. The minimum atomic E-state index is -1.26. The average Bonchev–Trinajstić information content (AvgIpc) is 2.87. The van der Waals surface area contributed by atoms with E-state index in [0.29, 0.717) is 0 Å². The lowest BCUT2D eigenvalue weighted by atomic mass is 10.2. The van der Waals surface area contributed by atoms with Gasteiger partial charge in [0.05, 0.1) is 22.3 Å². The van der Waals surface area contributed by atoms with Crippen LogP contribution in [0, 0.1) is 0 Å². The summed E-state index contributed by atoms with van der Waals surface area (Å²) in [5.41, 5.74) is 2.55. The molecule has 0 radical (unpaired) electrons. The maximum atomic E-state index is 12.1. The summed E-state index contributed by atoms with van der Waals surface area (Å²) in [6.07, 6.45) is 3.63. The molecular weight excluding hydrogens is 350 g/mol. The van der Waals surface area contributed by atoms with Gasteiger partial charge in [0.1, 0.15) is 11.0 Å². The number of rotatable bonds is 3. The highest BCUT2D eigenvalue weighted by Crippen LogP contribution is 2.17. The van der Waals surface area contributed by atoms with Crippen LogP contribution in [-0.4, -0.2) is 24.4 Å². The molecule has 0 bridgehead atoms. The number of nitrogens with zero attached hydrogens (tertiary/aromatic N) is 3. The molecule has 0 saturated heterocycles. The third-order valence-corrected chi connectivity index (χ3v) is 4.80. The molecule has 21 heavy (non-hydrogen) atoms. The van der Waals surface area contributed by atoms with Gasteiger partial charge < -0.3 is 0 Å². The van der Waals surface area contributed by atoms with Gasteiger partial charge in [-0.25, -0.2) is 8.89 Å². The molecule has 2 rings (SSSR count). The molecule has 0 aliphatic rings. The minimum absolute atomic E-state index is 0.360. The van der Waals surface area contributed by atoms with Crippen LogP contribution in [0.25, 0.3) is 5.69 Å². The van der Waals surface area contributed by atoms with E-state index in [0.717, 1.165) is 21.4 Å². The Labute approximate surface area is 136 Å². The summed E-state index contributed by atoms with van der Waals surface area (Å²) in [6, 6.07) is 7.88. The van der Waals surface area contributed by atoms with Crippen molar-refractivity contribution in [1.82, 2.24) is 9.78 Å². The lowest BCUT2D eigenvalue weighted by Crippen LogP contribution is -2.20. The van der Waals surface area contributed by atoms with E-state index in [-0.39, 0.29) is 4.75 Å². The van der Waals surface area contributed by atoms with Crippen LogP contribution >= 0.6 is 15.9 Å². The molecule has 0 amide bonds. The van der Waals surface area contributed by atoms with Crippen molar-refractivity contribution in [2.45, 2.75) is 32.4 Å². The zero-order valence-corrected chi connectivity index (χ0v) is 14.9. The van der Waals surface area contributed by atoms with E-state index in [2.05, 4.69) is 25.4 Å².